The zero-order chi connectivity index (χ0) is 22.4. The summed E-state index contributed by atoms with van der Waals surface area (Å²) >= 11 is 0.655. The van der Waals surface area contributed by atoms with E-state index in [0.717, 1.165) is 6.26 Å². The van der Waals surface area contributed by atoms with Crippen molar-refractivity contribution in [2.75, 3.05) is 28.7 Å². The number of thioether (sulfide) groups is 1. The Morgan fingerprint density at radius 3 is 2.37 bits per heavy atom. The van der Waals surface area contributed by atoms with Crippen molar-refractivity contribution < 1.29 is 22.3 Å². The first-order chi connectivity index (χ1) is 14.0. The minimum atomic E-state index is -3.69. The van der Waals surface area contributed by atoms with E-state index in [0.29, 0.717) is 18.2 Å². The molecule has 0 bridgehead atoms. The molecule has 0 aliphatic heterocycles. The molecule has 2 rings (SSSR count). The number of aromatic nitrogens is 4. The molecule has 0 aliphatic rings. The first kappa shape index (κ1) is 24.2. The van der Waals surface area contributed by atoms with Crippen LogP contribution in [0.2, 0.25) is 0 Å². The summed E-state index contributed by atoms with van der Waals surface area (Å²) in [6.45, 7) is 3.73. The summed E-state index contributed by atoms with van der Waals surface area (Å²) in [6.07, 6.45) is 4.07. The molecule has 0 unspecified atom stereocenters. The van der Waals surface area contributed by atoms with Crippen LogP contribution >= 0.6 is 11.8 Å². The minimum absolute atomic E-state index is 0.0226. The Hall–Kier alpha value is -2.12. The summed E-state index contributed by atoms with van der Waals surface area (Å²) in [7, 11) is -3.69. The number of aliphatic hydroxyl groups is 1. The number of hydrogen-bond acceptors (Lipinski definition) is 9. The fraction of sp³-hybridized carbons (Fsp3) is 0.529. The molecule has 0 aliphatic carbocycles. The van der Waals surface area contributed by atoms with Gasteiger partial charge in [-0.3, -0.25) is 9.71 Å². The maximum atomic E-state index is 14.4. The lowest BCUT2D eigenvalue weighted by Crippen LogP contribution is -2.27. The highest BCUT2D eigenvalue weighted by Gasteiger charge is 2.32. The van der Waals surface area contributed by atoms with Crippen LogP contribution in [0, 0.1) is 5.92 Å². The predicted octanol–water partition coefficient (Wildman–Crippen LogP) is 2.34. The van der Waals surface area contributed by atoms with E-state index in [9.17, 15) is 22.3 Å². The number of nitrogens with one attached hydrogen (secondary N) is 2. The normalized spacial score (nSPS) is 13.3. The van der Waals surface area contributed by atoms with Gasteiger partial charge in [0, 0.05) is 18.0 Å². The number of sulfonamides is 1. The number of halogens is 2. The van der Waals surface area contributed by atoms with Crippen LogP contribution in [-0.4, -0.2) is 58.1 Å². The topological polar surface area (TPSA) is 130 Å². The van der Waals surface area contributed by atoms with Gasteiger partial charge in [-0.2, -0.15) is 15.0 Å². The van der Waals surface area contributed by atoms with Gasteiger partial charge in [0.05, 0.1) is 24.7 Å². The van der Waals surface area contributed by atoms with E-state index in [2.05, 4.69) is 30.0 Å². The predicted molar refractivity (Wildman–Crippen MR) is 111 cm³/mol. The molecule has 1 atom stereocenters. The summed E-state index contributed by atoms with van der Waals surface area (Å²) in [5.74, 6) is -3.91. The van der Waals surface area contributed by atoms with Crippen molar-refractivity contribution in [3.8, 4) is 0 Å². The van der Waals surface area contributed by atoms with Crippen LogP contribution in [0.5, 0.6) is 0 Å². The molecule has 0 fully saturated rings. The van der Waals surface area contributed by atoms with Crippen LogP contribution in [0.25, 0.3) is 0 Å². The van der Waals surface area contributed by atoms with Crippen LogP contribution in [-0.2, 0) is 15.9 Å². The molecule has 0 saturated carbocycles. The number of aliphatic hydroxyl groups excluding tert-OH is 1. The third kappa shape index (κ3) is 7.95. The average molecular weight is 463 g/mol. The second-order valence-corrected chi connectivity index (χ2v) is 9.71. The van der Waals surface area contributed by atoms with Gasteiger partial charge in [-0.15, -0.1) is 0 Å². The van der Waals surface area contributed by atoms with Crippen molar-refractivity contribution in [1.29, 1.82) is 0 Å². The number of alkyl halides is 2. The lowest BCUT2D eigenvalue weighted by Gasteiger charge is -2.19. The minimum Gasteiger partial charge on any atom is -0.394 e. The van der Waals surface area contributed by atoms with Crippen molar-refractivity contribution in [2.24, 2.45) is 5.92 Å². The summed E-state index contributed by atoms with van der Waals surface area (Å²) in [5.41, 5.74) is -0.204. The Morgan fingerprint density at radius 2 is 1.80 bits per heavy atom. The number of rotatable bonds is 11. The quantitative estimate of drug-likeness (QED) is 0.431. The van der Waals surface area contributed by atoms with Gasteiger partial charge < -0.3 is 10.4 Å². The van der Waals surface area contributed by atoms with E-state index in [4.69, 9.17) is 0 Å². The van der Waals surface area contributed by atoms with Gasteiger partial charge in [-0.05, 0) is 24.5 Å². The summed E-state index contributed by atoms with van der Waals surface area (Å²) in [5, 5.41) is 12.4. The molecular weight excluding hydrogens is 438 g/mol. The zero-order valence-electron chi connectivity index (χ0n) is 16.7. The Kier molecular flexibility index (Phi) is 8.26. The Morgan fingerprint density at radius 1 is 1.17 bits per heavy atom. The second kappa shape index (κ2) is 10.3. The highest BCUT2D eigenvalue weighted by Crippen LogP contribution is 2.33. The molecule has 0 saturated heterocycles. The Labute approximate surface area is 178 Å². The van der Waals surface area contributed by atoms with Crippen LogP contribution in [0.1, 0.15) is 25.8 Å². The molecule has 2 aromatic rings. The van der Waals surface area contributed by atoms with Gasteiger partial charge in [-0.25, -0.2) is 17.2 Å². The van der Waals surface area contributed by atoms with Gasteiger partial charge in [-0.1, -0.05) is 25.6 Å². The molecule has 2 heterocycles. The Bertz CT molecular complexity index is 932. The van der Waals surface area contributed by atoms with Crippen LogP contribution in [0.3, 0.4) is 0 Å². The molecule has 30 heavy (non-hydrogen) atoms. The maximum Gasteiger partial charge on any atom is 0.282 e. The van der Waals surface area contributed by atoms with Gasteiger partial charge in [0.1, 0.15) is 0 Å². The van der Waals surface area contributed by atoms with Gasteiger partial charge in [0.25, 0.3) is 5.92 Å². The maximum absolute atomic E-state index is 14.4. The lowest BCUT2D eigenvalue weighted by molar-refractivity contribution is 0.0230. The molecule has 0 amide bonds. The van der Waals surface area contributed by atoms with Crippen molar-refractivity contribution in [3.05, 3.63) is 30.1 Å². The summed E-state index contributed by atoms with van der Waals surface area (Å²) < 4.78 is 54.1. The van der Waals surface area contributed by atoms with Crippen LogP contribution in [0.15, 0.2) is 29.7 Å². The molecular formula is C17H24F2N6O3S2. The molecule has 0 spiro atoms. The summed E-state index contributed by atoms with van der Waals surface area (Å²) in [4.78, 5) is 15.7. The standard InChI is InChI=1S/C17H24F2N6O3S2/c1-11(2)8-13(9-26)21-14-22-15(25-30(3,27)28)24-16(23-14)29-10-17(18,19)12-4-6-20-7-5-12/h4-7,11,13,26H,8-10H2,1-3H3,(H2,21,22,23,24,25)/t13-/m1/s1. The number of hydrogen-bond donors (Lipinski definition) is 3. The van der Waals surface area contributed by atoms with Gasteiger partial charge in [0.15, 0.2) is 5.16 Å². The molecule has 0 radical (unpaired) electrons. The first-order valence-electron chi connectivity index (χ1n) is 9.01. The summed E-state index contributed by atoms with van der Waals surface area (Å²) in [6, 6.07) is 2.04. The molecule has 9 nitrogen and oxygen atoms in total. The molecule has 3 N–H and O–H groups in total. The molecule has 166 valence electrons. The van der Waals surface area contributed by atoms with E-state index >= 15 is 0 Å². The van der Waals surface area contributed by atoms with Crippen LogP contribution in [0.4, 0.5) is 20.7 Å². The zero-order valence-corrected chi connectivity index (χ0v) is 18.3. The molecule has 2 aromatic heterocycles. The second-order valence-electron chi connectivity index (χ2n) is 7.02. The number of nitrogens with zero attached hydrogens (tertiary/aromatic N) is 4. The van der Waals surface area contributed by atoms with Gasteiger partial charge in [0.2, 0.25) is 21.9 Å². The van der Waals surface area contributed by atoms with Crippen LogP contribution < -0.4 is 10.0 Å². The van der Waals surface area contributed by atoms with E-state index in [1.807, 2.05) is 13.8 Å². The third-order valence-electron chi connectivity index (χ3n) is 3.69. The molecule has 0 aromatic carbocycles. The van der Waals surface area contributed by atoms with E-state index in [-0.39, 0.29) is 35.1 Å². The van der Waals surface area contributed by atoms with Crippen molar-refractivity contribution in [2.45, 2.75) is 37.4 Å². The van der Waals surface area contributed by atoms with E-state index in [1.165, 1.54) is 24.5 Å². The fourth-order valence-corrected chi connectivity index (χ4v) is 3.66. The third-order valence-corrected chi connectivity index (χ3v) is 5.19. The van der Waals surface area contributed by atoms with E-state index < -0.39 is 27.7 Å². The average Bonchev–Trinajstić information content (AvgIpc) is 2.65. The highest BCUT2D eigenvalue weighted by atomic mass is 32.2. The lowest BCUT2D eigenvalue weighted by atomic mass is 10.0. The monoisotopic (exact) mass is 462 g/mol. The van der Waals surface area contributed by atoms with Gasteiger partial charge >= 0.3 is 0 Å². The number of anilines is 2. The van der Waals surface area contributed by atoms with E-state index in [1.54, 1.807) is 0 Å². The van der Waals surface area contributed by atoms with Crippen molar-refractivity contribution >= 4 is 33.7 Å². The largest absolute Gasteiger partial charge is 0.394 e. The van der Waals surface area contributed by atoms with Crippen molar-refractivity contribution in [3.63, 3.8) is 0 Å². The number of pyridine rings is 1. The van der Waals surface area contributed by atoms with Crippen molar-refractivity contribution in [1.82, 2.24) is 19.9 Å². The smallest absolute Gasteiger partial charge is 0.282 e. The highest BCUT2D eigenvalue weighted by molar-refractivity contribution is 7.99. The first-order valence-corrected chi connectivity index (χ1v) is 11.9. The molecule has 13 heteroatoms. The Balaban J connectivity index is 2.25. The fourth-order valence-electron chi connectivity index (χ4n) is 2.46. The SMILES string of the molecule is CC(C)C[C@H](CO)Nc1nc(NS(C)(=O)=O)nc(SCC(F)(F)c2ccncc2)n1.